The van der Waals surface area contributed by atoms with Crippen LogP contribution in [0.4, 0.5) is 0 Å². The molecule has 13 heavy (non-hydrogen) atoms. The SMILES string of the molecule is Cc1c(Cl)ccc2ccc(=O)[nH]c12. The molecule has 0 aliphatic carbocycles. The van der Waals surface area contributed by atoms with E-state index in [0.717, 1.165) is 16.5 Å². The van der Waals surface area contributed by atoms with Crippen molar-refractivity contribution in [1.82, 2.24) is 4.98 Å². The summed E-state index contributed by atoms with van der Waals surface area (Å²) in [5.41, 5.74) is 1.63. The summed E-state index contributed by atoms with van der Waals surface area (Å²) < 4.78 is 0. The normalized spacial score (nSPS) is 10.6. The van der Waals surface area contributed by atoms with Crippen LogP contribution in [0.3, 0.4) is 0 Å². The van der Waals surface area contributed by atoms with Crippen LogP contribution in [0.2, 0.25) is 5.02 Å². The fraction of sp³-hybridized carbons (Fsp3) is 0.100. The fourth-order valence-electron chi connectivity index (χ4n) is 1.34. The van der Waals surface area contributed by atoms with Crippen LogP contribution in [0.25, 0.3) is 10.9 Å². The molecule has 1 heterocycles. The van der Waals surface area contributed by atoms with Crippen molar-refractivity contribution in [3.8, 4) is 0 Å². The molecule has 1 aromatic heterocycles. The third-order valence-corrected chi connectivity index (χ3v) is 2.50. The van der Waals surface area contributed by atoms with E-state index in [1.54, 1.807) is 6.07 Å². The summed E-state index contributed by atoms with van der Waals surface area (Å²) in [5, 5.41) is 1.68. The van der Waals surface area contributed by atoms with Crippen molar-refractivity contribution in [2.24, 2.45) is 0 Å². The average Bonchev–Trinajstić information content (AvgIpc) is 2.12. The van der Waals surface area contributed by atoms with Gasteiger partial charge in [-0.3, -0.25) is 4.79 Å². The first-order valence-electron chi connectivity index (χ1n) is 3.96. The van der Waals surface area contributed by atoms with Crippen molar-refractivity contribution < 1.29 is 0 Å². The molecule has 2 aromatic rings. The van der Waals surface area contributed by atoms with E-state index in [1.165, 1.54) is 6.07 Å². The Morgan fingerprint density at radius 1 is 1.23 bits per heavy atom. The van der Waals surface area contributed by atoms with Gasteiger partial charge in [-0.2, -0.15) is 0 Å². The molecule has 0 fully saturated rings. The second-order valence-electron chi connectivity index (χ2n) is 2.96. The summed E-state index contributed by atoms with van der Waals surface area (Å²) in [4.78, 5) is 13.8. The highest BCUT2D eigenvalue weighted by Gasteiger charge is 2.01. The van der Waals surface area contributed by atoms with Gasteiger partial charge in [-0.1, -0.05) is 17.7 Å². The van der Waals surface area contributed by atoms with Gasteiger partial charge < -0.3 is 4.98 Å². The molecule has 0 aliphatic heterocycles. The molecule has 0 bridgehead atoms. The zero-order valence-electron chi connectivity index (χ0n) is 7.10. The second-order valence-corrected chi connectivity index (χ2v) is 3.37. The van der Waals surface area contributed by atoms with Crippen molar-refractivity contribution in [2.75, 3.05) is 0 Å². The number of rotatable bonds is 0. The number of aromatic amines is 1. The first kappa shape index (κ1) is 8.32. The van der Waals surface area contributed by atoms with Gasteiger partial charge in [0.25, 0.3) is 0 Å². The lowest BCUT2D eigenvalue weighted by molar-refractivity contribution is 1.28. The van der Waals surface area contributed by atoms with E-state index in [1.807, 2.05) is 19.1 Å². The maximum atomic E-state index is 11.0. The second kappa shape index (κ2) is 2.89. The van der Waals surface area contributed by atoms with E-state index < -0.39 is 0 Å². The van der Waals surface area contributed by atoms with Crippen LogP contribution in [0.15, 0.2) is 29.1 Å². The molecule has 0 unspecified atom stereocenters. The molecule has 0 atom stereocenters. The molecule has 0 amide bonds. The first-order chi connectivity index (χ1) is 6.18. The Bertz CT molecular complexity index is 516. The number of nitrogens with one attached hydrogen (secondary N) is 1. The van der Waals surface area contributed by atoms with Gasteiger partial charge in [0, 0.05) is 11.1 Å². The van der Waals surface area contributed by atoms with Crippen LogP contribution in [0, 0.1) is 6.92 Å². The number of hydrogen-bond donors (Lipinski definition) is 1. The van der Waals surface area contributed by atoms with Gasteiger partial charge in [0.15, 0.2) is 0 Å². The quantitative estimate of drug-likeness (QED) is 0.685. The van der Waals surface area contributed by atoms with E-state index in [4.69, 9.17) is 11.6 Å². The van der Waals surface area contributed by atoms with E-state index in [-0.39, 0.29) is 5.56 Å². The Labute approximate surface area is 80.2 Å². The van der Waals surface area contributed by atoms with E-state index in [0.29, 0.717) is 5.02 Å². The molecule has 1 N–H and O–H groups in total. The monoisotopic (exact) mass is 193 g/mol. The van der Waals surface area contributed by atoms with Crippen molar-refractivity contribution in [3.05, 3.63) is 45.2 Å². The highest BCUT2D eigenvalue weighted by Crippen LogP contribution is 2.22. The van der Waals surface area contributed by atoms with Crippen molar-refractivity contribution >= 4 is 22.5 Å². The first-order valence-corrected chi connectivity index (χ1v) is 4.34. The molecule has 66 valence electrons. The topological polar surface area (TPSA) is 32.9 Å². The van der Waals surface area contributed by atoms with Gasteiger partial charge in [-0.15, -0.1) is 0 Å². The maximum Gasteiger partial charge on any atom is 0.248 e. The lowest BCUT2D eigenvalue weighted by Crippen LogP contribution is -2.03. The summed E-state index contributed by atoms with van der Waals surface area (Å²) in [6, 6.07) is 7.02. The minimum Gasteiger partial charge on any atom is -0.322 e. The lowest BCUT2D eigenvalue weighted by Gasteiger charge is -2.02. The van der Waals surface area contributed by atoms with E-state index in [2.05, 4.69) is 4.98 Å². The largest absolute Gasteiger partial charge is 0.322 e. The molecule has 0 saturated heterocycles. The predicted octanol–water partition coefficient (Wildman–Crippen LogP) is 2.49. The van der Waals surface area contributed by atoms with E-state index >= 15 is 0 Å². The van der Waals surface area contributed by atoms with Gasteiger partial charge in [-0.25, -0.2) is 0 Å². The van der Waals surface area contributed by atoms with Gasteiger partial charge in [0.2, 0.25) is 5.56 Å². The van der Waals surface area contributed by atoms with Crippen molar-refractivity contribution in [2.45, 2.75) is 6.92 Å². The Morgan fingerprint density at radius 2 is 1.92 bits per heavy atom. The predicted molar refractivity (Wildman–Crippen MR) is 54.3 cm³/mol. The van der Waals surface area contributed by atoms with Crippen LogP contribution >= 0.6 is 11.6 Å². The highest BCUT2D eigenvalue weighted by molar-refractivity contribution is 6.32. The molecule has 1 aromatic carbocycles. The highest BCUT2D eigenvalue weighted by atomic mass is 35.5. The molecule has 0 radical (unpaired) electrons. The minimum atomic E-state index is -0.0992. The number of H-pyrrole nitrogens is 1. The van der Waals surface area contributed by atoms with Gasteiger partial charge in [-0.05, 0) is 30.0 Å². The third kappa shape index (κ3) is 1.33. The minimum absolute atomic E-state index is 0.0992. The zero-order chi connectivity index (χ0) is 9.42. The van der Waals surface area contributed by atoms with Crippen molar-refractivity contribution in [3.63, 3.8) is 0 Å². The zero-order valence-corrected chi connectivity index (χ0v) is 7.85. The number of halogens is 1. The standard InChI is InChI=1S/C10H8ClNO/c1-6-8(11)4-2-7-3-5-9(13)12-10(6)7/h2-5H,1H3,(H,12,13). The molecular weight excluding hydrogens is 186 g/mol. The van der Waals surface area contributed by atoms with E-state index in [9.17, 15) is 4.79 Å². The summed E-state index contributed by atoms with van der Waals surface area (Å²) in [5.74, 6) is 0. The molecule has 0 saturated carbocycles. The van der Waals surface area contributed by atoms with Crippen LogP contribution in [-0.2, 0) is 0 Å². The third-order valence-electron chi connectivity index (χ3n) is 2.09. The smallest absolute Gasteiger partial charge is 0.248 e. The van der Waals surface area contributed by atoms with Crippen LogP contribution in [0.1, 0.15) is 5.56 Å². The Kier molecular flexibility index (Phi) is 1.85. The molecule has 2 rings (SSSR count). The Morgan fingerprint density at radius 3 is 2.69 bits per heavy atom. The Hall–Kier alpha value is -1.28. The average molecular weight is 194 g/mol. The summed E-state index contributed by atoms with van der Waals surface area (Å²) in [6.45, 7) is 1.89. The number of hydrogen-bond acceptors (Lipinski definition) is 1. The summed E-state index contributed by atoms with van der Waals surface area (Å²) in [6.07, 6.45) is 0. The van der Waals surface area contributed by atoms with Gasteiger partial charge >= 0.3 is 0 Å². The molecule has 0 spiro atoms. The lowest BCUT2D eigenvalue weighted by atomic mass is 10.1. The number of benzene rings is 1. The number of aromatic nitrogens is 1. The summed E-state index contributed by atoms with van der Waals surface area (Å²) in [7, 11) is 0. The summed E-state index contributed by atoms with van der Waals surface area (Å²) >= 11 is 5.92. The molecular formula is C10H8ClNO. The molecule has 3 heteroatoms. The number of aryl methyl sites for hydroxylation is 1. The Balaban J connectivity index is 2.97. The van der Waals surface area contributed by atoms with Crippen molar-refractivity contribution in [1.29, 1.82) is 0 Å². The van der Waals surface area contributed by atoms with Gasteiger partial charge in [0.1, 0.15) is 0 Å². The van der Waals surface area contributed by atoms with Crippen LogP contribution in [-0.4, -0.2) is 4.98 Å². The van der Waals surface area contributed by atoms with Gasteiger partial charge in [0.05, 0.1) is 5.52 Å². The number of fused-ring (bicyclic) bond motifs is 1. The molecule has 0 aliphatic rings. The van der Waals surface area contributed by atoms with Crippen LogP contribution in [0.5, 0.6) is 0 Å². The fourth-order valence-corrected chi connectivity index (χ4v) is 1.50. The maximum absolute atomic E-state index is 11.0. The number of pyridine rings is 1. The molecule has 2 nitrogen and oxygen atoms in total. The van der Waals surface area contributed by atoms with Crippen LogP contribution < -0.4 is 5.56 Å².